The van der Waals surface area contributed by atoms with Gasteiger partial charge in [0.2, 0.25) is 0 Å². The van der Waals surface area contributed by atoms with Gasteiger partial charge >= 0.3 is 0 Å². The predicted molar refractivity (Wildman–Crippen MR) is 102 cm³/mol. The molecule has 0 aliphatic heterocycles. The van der Waals surface area contributed by atoms with Crippen molar-refractivity contribution in [2.24, 2.45) is 0 Å². The molecule has 0 fully saturated rings. The number of para-hydroxylation sites is 1. The highest BCUT2D eigenvalue weighted by Crippen LogP contribution is 2.35. The second-order valence-electron chi connectivity index (χ2n) is 6.21. The lowest BCUT2D eigenvalue weighted by molar-refractivity contribution is -0.0424. The summed E-state index contributed by atoms with van der Waals surface area (Å²) in [6.07, 6.45) is 2.91. The third kappa shape index (κ3) is 5.76. The molecule has 0 aromatic heterocycles. The minimum atomic E-state index is -1.48. The van der Waals surface area contributed by atoms with Crippen LogP contribution in [0.2, 0.25) is 0 Å². The highest BCUT2D eigenvalue weighted by Gasteiger charge is 2.16. The highest BCUT2D eigenvalue weighted by molar-refractivity contribution is 5.61. The summed E-state index contributed by atoms with van der Waals surface area (Å²) in [5.41, 5.74) is 1.39. The van der Waals surface area contributed by atoms with Gasteiger partial charge in [-0.05, 0) is 37.1 Å². The molecule has 2 aromatic rings. The minimum Gasteiger partial charge on any atom is -0.455 e. The number of hydrogen-bond donors (Lipinski definition) is 2. The van der Waals surface area contributed by atoms with Gasteiger partial charge in [0.05, 0.1) is 5.69 Å². The van der Waals surface area contributed by atoms with Gasteiger partial charge in [-0.15, -0.1) is 0 Å². The largest absolute Gasteiger partial charge is 0.455 e. The van der Waals surface area contributed by atoms with Crippen LogP contribution >= 0.6 is 0 Å². The molecule has 0 spiro atoms. The summed E-state index contributed by atoms with van der Waals surface area (Å²) in [6.45, 7) is 6.19. The number of hydrogen-bond acceptors (Lipinski definition) is 4. The number of rotatable bonds is 10. The standard InChI is InChI=1S/C21H29NO3/c1-3-5-14-22(15-6-4-2)19-16-17(21(23)24)12-13-20(19)25-18-10-8-7-9-11-18/h7-13,16,21,23-24H,3-6,14-15H2,1-2H3. The van der Waals surface area contributed by atoms with Gasteiger partial charge in [0.1, 0.15) is 5.75 Å². The third-order valence-corrected chi connectivity index (χ3v) is 4.16. The van der Waals surface area contributed by atoms with Crippen LogP contribution in [-0.2, 0) is 0 Å². The predicted octanol–water partition coefficient (Wildman–Crippen LogP) is 4.87. The first-order valence-corrected chi connectivity index (χ1v) is 9.13. The molecule has 136 valence electrons. The minimum absolute atomic E-state index is 0.480. The lowest BCUT2D eigenvalue weighted by Crippen LogP contribution is -2.26. The molecule has 2 rings (SSSR count). The molecule has 0 heterocycles. The van der Waals surface area contributed by atoms with E-state index < -0.39 is 6.29 Å². The quantitative estimate of drug-likeness (QED) is 0.604. The van der Waals surface area contributed by atoms with Crippen molar-refractivity contribution in [3.05, 3.63) is 54.1 Å². The number of unbranched alkanes of at least 4 members (excludes halogenated alkanes) is 2. The molecule has 2 N–H and O–H groups in total. The Labute approximate surface area is 150 Å². The maximum atomic E-state index is 9.56. The number of anilines is 1. The Kier molecular flexibility index (Phi) is 7.76. The van der Waals surface area contributed by atoms with E-state index >= 15 is 0 Å². The highest BCUT2D eigenvalue weighted by atomic mass is 16.5. The fourth-order valence-corrected chi connectivity index (χ4v) is 2.69. The van der Waals surface area contributed by atoms with Crippen molar-refractivity contribution in [2.75, 3.05) is 18.0 Å². The number of aliphatic hydroxyl groups is 2. The fraction of sp³-hybridized carbons (Fsp3) is 0.429. The number of ether oxygens (including phenoxy) is 1. The smallest absolute Gasteiger partial charge is 0.178 e. The molecule has 2 aromatic carbocycles. The Morgan fingerprint density at radius 3 is 2.12 bits per heavy atom. The van der Waals surface area contributed by atoms with Crippen molar-refractivity contribution >= 4 is 5.69 Å². The van der Waals surface area contributed by atoms with Crippen molar-refractivity contribution < 1.29 is 14.9 Å². The number of aliphatic hydroxyl groups excluding tert-OH is 1. The van der Waals surface area contributed by atoms with Crippen LogP contribution in [-0.4, -0.2) is 23.3 Å². The van der Waals surface area contributed by atoms with Crippen LogP contribution in [0.5, 0.6) is 11.5 Å². The molecule has 0 saturated carbocycles. The normalized spacial score (nSPS) is 10.9. The fourth-order valence-electron chi connectivity index (χ4n) is 2.69. The zero-order chi connectivity index (χ0) is 18.1. The average Bonchev–Trinajstić information content (AvgIpc) is 2.63. The van der Waals surface area contributed by atoms with Crippen LogP contribution in [0.25, 0.3) is 0 Å². The second-order valence-corrected chi connectivity index (χ2v) is 6.21. The summed E-state index contributed by atoms with van der Waals surface area (Å²) in [4.78, 5) is 2.29. The average molecular weight is 343 g/mol. The van der Waals surface area contributed by atoms with E-state index in [9.17, 15) is 10.2 Å². The van der Waals surface area contributed by atoms with Gasteiger partial charge < -0.3 is 19.8 Å². The Hall–Kier alpha value is -2.04. The Bertz CT molecular complexity index is 620. The SMILES string of the molecule is CCCCN(CCCC)c1cc(C(O)O)ccc1Oc1ccccc1. The summed E-state index contributed by atoms with van der Waals surface area (Å²) in [5, 5.41) is 19.1. The lowest BCUT2D eigenvalue weighted by Gasteiger charge is -2.27. The molecule has 0 saturated heterocycles. The van der Waals surface area contributed by atoms with Crippen molar-refractivity contribution in [1.82, 2.24) is 0 Å². The Morgan fingerprint density at radius 2 is 1.56 bits per heavy atom. The van der Waals surface area contributed by atoms with Crippen LogP contribution in [0.15, 0.2) is 48.5 Å². The topological polar surface area (TPSA) is 52.9 Å². The van der Waals surface area contributed by atoms with Gasteiger partial charge in [-0.3, -0.25) is 0 Å². The maximum Gasteiger partial charge on any atom is 0.178 e. The first-order chi connectivity index (χ1) is 12.2. The Balaban J connectivity index is 2.36. The van der Waals surface area contributed by atoms with E-state index in [1.807, 2.05) is 42.5 Å². The van der Waals surface area contributed by atoms with E-state index in [-0.39, 0.29) is 0 Å². The molecule has 0 bridgehead atoms. The summed E-state index contributed by atoms with van der Waals surface area (Å²) >= 11 is 0. The molecule has 0 amide bonds. The molecule has 0 aliphatic carbocycles. The molecular formula is C21H29NO3. The molecule has 25 heavy (non-hydrogen) atoms. The number of benzene rings is 2. The van der Waals surface area contributed by atoms with Gasteiger partial charge in [0, 0.05) is 18.7 Å². The van der Waals surface area contributed by atoms with Gasteiger partial charge in [0.25, 0.3) is 0 Å². The molecule has 0 atom stereocenters. The van der Waals surface area contributed by atoms with Gasteiger partial charge in [0.15, 0.2) is 12.0 Å². The molecule has 0 aliphatic rings. The van der Waals surface area contributed by atoms with Crippen molar-refractivity contribution in [3.8, 4) is 11.5 Å². The van der Waals surface area contributed by atoms with Crippen molar-refractivity contribution in [2.45, 2.75) is 45.8 Å². The van der Waals surface area contributed by atoms with Crippen LogP contribution in [0.4, 0.5) is 5.69 Å². The zero-order valence-corrected chi connectivity index (χ0v) is 15.2. The molecular weight excluding hydrogens is 314 g/mol. The van der Waals surface area contributed by atoms with Crippen LogP contribution in [0.3, 0.4) is 0 Å². The lowest BCUT2D eigenvalue weighted by atomic mass is 10.1. The molecule has 4 heteroatoms. The van der Waals surface area contributed by atoms with E-state index in [4.69, 9.17) is 4.74 Å². The molecule has 0 unspecified atom stereocenters. The maximum absolute atomic E-state index is 9.56. The Morgan fingerprint density at radius 1 is 0.920 bits per heavy atom. The van der Waals surface area contributed by atoms with E-state index in [1.165, 1.54) is 0 Å². The van der Waals surface area contributed by atoms with E-state index in [1.54, 1.807) is 6.07 Å². The van der Waals surface area contributed by atoms with E-state index in [0.717, 1.165) is 56.0 Å². The summed E-state index contributed by atoms with van der Waals surface area (Å²) < 4.78 is 6.08. The van der Waals surface area contributed by atoms with Crippen LogP contribution in [0, 0.1) is 0 Å². The van der Waals surface area contributed by atoms with Gasteiger partial charge in [-0.1, -0.05) is 51.0 Å². The van der Waals surface area contributed by atoms with E-state index in [2.05, 4.69) is 18.7 Å². The van der Waals surface area contributed by atoms with Crippen molar-refractivity contribution in [3.63, 3.8) is 0 Å². The number of nitrogens with zero attached hydrogens (tertiary/aromatic N) is 1. The van der Waals surface area contributed by atoms with Gasteiger partial charge in [-0.25, -0.2) is 0 Å². The molecule has 4 nitrogen and oxygen atoms in total. The van der Waals surface area contributed by atoms with Gasteiger partial charge in [-0.2, -0.15) is 0 Å². The summed E-state index contributed by atoms with van der Waals surface area (Å²) in [7, 11) is 0. The first-order valence-electron chi connectivity index (χ1n) is 9.13. The van der Waals surface area contributed by atoms with E-state index in [0.29, 0.717) is 5.56 Å². The molecule has 0 radical (unpaired) electrons. The van der Waals surface area contributed by atoms with Crippen LogP contribution < -0.4 is 9.64 Å². The second kappa shape index (κ2) is 10.1. The summed E-state index contributed by atoms with van der Waals surface area (Å²) in [6, 6.07) is 15.0. The third-order valence-electron chi connectivity index (χ3n) is 4.16. The summed E-state index contributed by atoms with van der Waals surface area (Å²) in [5.74, 6) is 1.51. The monoisotopic (exact) mass is 343 g/mol. The first kappa shape index (κ1) is 19.3. The van der Waals surface area contributed by atoms with Crippen LogP contribution in [0.1, 0.15) is 51.4 Å². The zero-order valence-electron chi connectivity index (χ0n) is 15.2. The van der Waals surface area contributed by atoms with Crippen molar-refractivity contribution in [1.29, 1.82) is 0 Å².